The molecule has 0 N–H and O–H groups in total. The molecule has 2 fully saturated rings. The molecule has 0 radical (unpaired) electrons. The second-order valence-corrected chi connectivity index (χ2v) is 8.63. The third kappa shape index (κ3) is 4.37. The van der Waals surface area contributed by atoms with Gasteiger partial charge >= 0.3 is 0 Å². The Morgan fingerprint density at radius 1 is 1.25 bits per heavy atom. The Labute approximate surface area is 166 Å². The second kappa shape index (κ2) is 8.60. The van der Waals surface area contributed by atoms with Gasteiger partial charge in [-0.25, -0.2) is 4.39 Å². The van der Waals surface area contributed by atoms with Crippen molar-refractivity contribution in [2.45, 2.75) is 45.6 Å². The molecule has 6 heteroatoms. The Morgan fingerprint density at radius 3 is 2.46 bits per heavy atom. The van der Waals surface area contributed by atoms with Crippen LogP contribution in [0.3, 0.4) is 0 Å². The van der Waals surface area contributed by atoms with Crippen molar-refractivity contribution < 1.29 is 18.7 Å². The molecule has 0 aromatic heterocycles. The van der Waals surface area contributed by atoms with Crippen molar-refractivity contribution in [2.75, 3.05) is 33.4 Å². The lowest BCUT2D eigenvalue weighted by atomic mass is 9.75. The van der Waals surface area contributed by atoms with Gasteiger partial charge in [0.05, 0.1) is 5.41 Å². The maximum atomic E-state index is 13.4. The highest BCUT2D eigenvalue weighted by Crippen LogP contribution is 2.45. The standard InChI is InChI=1S/C22H31FN2O3/c1-16(2)14-25-19(12-17-4-6-18(23)7-5-17)13-22(21(25)27)8-10-24(11-9-22)20(26)15-28-3/h4-7,16,19H,8-15H2,1-3H3/t19-/m0/s1. The molecule has 2 amide bonds. The number of hydrogen-bond donors (Lipinski definition) is 0. The van der Waals surface area contributed by atoms with Crippen LogP contribution in [-0.2, 0) is 20.7 Å². The van der Waals surface area contributed by atoms with Gasteiger partial charge in [0.2, 0.25) is 11.8 Å². The highest BCUT2D eigenvalue weighted by atomic mass is 19.1. The number of nitrogens with zero attached hydrogens (tertiary/aromatic N) is 2. The molecule has 2 aliphatic rings. The number of halogens is 1. The van der Waals surface area contributed by atoms with Crippen molar-refractivity contribution in [1.82, 2.24) is 9.80 Å². The number of piperidine rings is 1. The molecular weight excluding hydrogens is 359 g/mol. The van der Waals surface area contributed by atoms with E-state index in [-0.39, 0.29) is 35.7 Å². The van der Waals surface area contributed by atoms with E-state index in [9.17, 15) is 14.0 Å². The quantitative estimate of drug-likeness (QED) is 0.751. The number of rotatable bonds is 6. The lowest BCUT2D eigenvalue weighted by molar-refractivity contribution is -0.144. The highest BCUT2D eigenvalue weighted by molar-refractivity contribution is 5.86. The van der Waals surface area contributed by atoms with E-state index in [1.54, 1.807) is 0 Å². The van der Waals surface area contributed by atoms with Crippen molar-refractivity contribution in [3.63, 3.8) is 0 Å². The predicted octanol–water partition coefficient (Wildman–Crippen LogP) is 2.88. The summed E-state index contributed by atoms with van der Waals surface area (Å²) in [6, 6.07) is 6.71. The summed E-state index contributed by atoms with van der Waals surface area (Å²) in [7, 11) is 1.52. The fourth-order valence-corrected chi connectivity index (χ4v) is 4.64. The summed E-state index contributed by atoms with van der Waals surface area (Å²) >= 11 is 0. The van der Waals surface area contributed by atoms with E-state index in [0.717, 1.165) is 24.9 Å². The Morgan fingerprint density at radius 2 is 1.89 bits per heavy atom. The van der Waals surface area contributed by atoms with Gasteiger partial charge in [-0.1, -0.05) is 26.0 Å². The molecule has 28 heavy (non-hydrogen) atoms. The minimum atomic E-state index is -0.372. The maximum Gasteiger partial charge on any atom is 0.248 e. The monoisotopic (exact) mass is 390 g/mol. The van der Waals surface area contributed by atoms with Crippen molar-refractivity contribution >= 4 is 11.8 Å². The van der Waals surface area contributed by atoms with Crippen LogP contribution >= 0.6 is 0 Å². The van der Waals surface area contributed by atoms with E-state index in [1.807, 2.05) is 21.9 Å². The number of methoxy groups -OCH3 is 1. The topological polar surface area (TPSA) is 49.9 Å². The number of ether oxygens (including phenoxy) is 1. The fraction of sp³-hybridized carbons (Fsp3) is 0.636. The Hall–Kier alpha value is -1.95. The molecule has 3 rings (SSSR count). The summed E-state index contributed by atoms with van der Waals surface area (Å²) in [5.41, 5.74) is 0.682. The zero-order valence-electron chi connectivity index (χ0n) is 17.1. The summed E-state index contributed by atoms with van der Waals surface area (Å²) in [6.45, 7) is 6.28. The van der Waals surface area contributed by atoms with E-state index < -0.39 is 0 Å². The molecule has 154 valence electrons. The molecule has 2 heterocycles. The van der Waals surface area contributed by atoms with Gasteiger partial charge in [-0.2, -0.15) is 0 Å². The Balaban J connectivity index is 1.74. The van der Waals surface area contributed by atoms with Crippen LogP contribution in [0.2, 0.25) is 0 Å². The normalized spacial score (nSPS) is 21.8. The van der Waals surface area contributed by atoms with Crippen molar-refractivity contribution in [3.8, 4) is 0 Å². The number of carbonyl (C=O) groups is 2. The van der Waals surface area contributed by atoms with Crippen LogP contribution in [0.5, 0.6) is 0 Å². The summed E-state index contributed by atoms with van der Waals surface area (Å²) < 4.78 is 18.2. The SMILES string of the molecule is COCC(=O)N1CCC2(CC1)C[C@H](Cc1ccc(F)cc1)N(CC(C)C)C2=O. The average Bonchev–Trinajstić information content (AvgIpc) is 2.89. The van der Waals surface area contributed by atoms with Gasteiger partial charge in [0.25, 0.3) is 0 Å². The molecule has 0 saturated carbocycles. The minimum Gasteiger partial charge on any atom is -0.375 e. The smallest absolute Gasteiger partial charge is 0.248 e. The molecule has 1 spiro atoms. The predicted molar refractivity (Wildman–Crippen MR) is 105 cm³/mol. The largest absolute Gasteiger partial charge is 0.375 e. The zero-order valence-corrected chi connectivity index (χ0v) is 17.1. The molecule has 0 unspecified atom stereocenters. The van der Waals surface area contributed by atoms with Crippen LogP contribution in [0, 0.1) is 17.2 Å². The summed E-state index contributed by atoms with van der Waals surface area (Å²) in [5, 5.41) is 0. The fourth-order valence-electron chi connectivity index (χ4n) is 4.64. The molecule has 0 aliphatic carbocycles. The van der Waals surface area contributed by atoms with Gasteiger partial charge in [-0.05, 0) is 49.3 Å². The first kappa shape index (κ1) is 20.8. The van der Waals surface area contributed by atoms with Crippen molar-refractivity contribution in [2.24, 2.45) is 11.3 Å². The lowest BCUT2D eigenvalue weighted by Crippen LogP contribution is -2.47. The first-order valence-corrected chi connectivity index (χ1v) is 10.2. The minimum absolute atomic E-state index is 0.00954. The lowest BCUT2D eigenvalue weighted by Gasteiger charge is -2.38. The molecule has 0 bridgehead atoms. The number of amides is 2. The van der Waals surface area contributed by atoms with Crippen LogP contribution in [0.1, 0.15) is 38.7 Å². The molecule has 5 nitrogen and oxygen atoms in total. The van der Waals surface area contributed by atoms with Crippen molar-refractivity contribution in [3.05, 3.63) is 35.6 Å². The van der Waals surface area contributed by atoms with Gasteiger partial charge in [0.15, 0.2) is 0 Å². The third-order valence-electron chi connectivity index (χ3n) is 6.07. The Kier molecular flexibility index (Phi) is 6.38. The number of carbonyl (C=O) groups excluding carboxylic acids is 2. The van der Waals surface area contributed by atoms with Crippen LogP contribution in [0.15, 0.2) is 24.3 Å². The third-order valence-corrected chi connectivity index (χ3v) is 6.07. The van der Waals surface area contributed by atoms with Crippen LogP contribution in [0.25, 0.3) is 0 Å². The van der Waals surface area contributed by atoms with Gasteiger partial charge in [0.1, 0.15) is 12.4 Å². The number of hydrogen-bond acceptors (Lipinski definition) is 3. The Bertz CT molecular complexity index is 696. The molecule has 1 aromatic rings. The summed E-state index contributed by atoms with van der Waals surface area (Å²) in [4.78, 5) is 29.4. The van der Waals surface area contributed by atoms with E-state index in [0.29, 0.717) is 31.8 Å². The van der Waals surface area contributed by atoms with E-state index in [1.165, 1.54) is 19.2 Å². The second-order valence-electron chi connectivity index (χ2n) is 8.63. The van der Waals surface area contributed by atoms with Crippen LogP contribution < -0.4 is 0 Å². The van der Waals surface area contributed by atoms with Crippen LogP contribution in [-0.4, -0.2) is 61.0 Å². The zero-order chi connectivity index (χ0) is 20.3. The van der Waals surface area contributed by atoms with Gasteiger partial charge < -0.3 is 14.5 Å². The van der Waals surface area contributed by atoms with Gasteiger partial charge in [-0.15, -0.1) is 0 Å². The summed E-state index contributed by atoms with van der Waals surface area (Å²) in [6.07, 6.45) is 2.96. The van der Waals surface area contributed by atoms with E-state index in [2.05, 4.69) is 13.8 Å². The number of benzene rings is 1. The van der Waals surface area contributed by atoms with Crippen molar-refractivity contribution in [1.29, 1.82) is 0 Å². The summed E-state index contributed by atoms with van der Waals surface area (Å²) in [5.74, 6) is 0.366. The number of likely N-dealkylation sites (tertiary alicyclic amines) is 2. The van der Waals surface area contributed by atoms with E-state index >= 15 is 0 Å². The van der Waals surface area contributed by atoms with Gasteiger partial charge in [0, 0.05) is 32.8 Å². The molecule has 1 aromatic carbocycles. The van der Waals surface area contributed by atoms with Gasteiger partial charge in [-0.3, -0.25) is 9.59 Å². The molecule has 1 atom stereocenters. The average molecular weight is 390 g/mol. The van der Waals surface area contributed by atoms with Crippen LogP contribution in [0.4, 0.5) is 4.39 Å². The highest BCUT2D eigenvalue weighted by Gasteiger charge is 2.52. The first-order valence-electron chi connectivity index (χ1n) is 10.2. The molecular formula is C22H31FN2O3. The molecule has 2 saturated heterocycles. The molecule has 2 aliphatic heterocycles. The maximum absolute atomic E-state index is 13.4. The first-order chi connectivity index (χ1) is 13.3. The van der Waals surface area contributed by atoms with E-state index in [4.69, 9.17) is 4.74 Å².